The predicted molar refractivity (Wildman–Crippen MR) is 100 cm³/mol. The van der Waals surface area contributed by atoms with E-state index in [9.17, 15) is 9.59 Å². The van der Waals surface area contributed by atoms with Gasteiger partial charge in [0.15, 0.2) is 6.10 Å². The van der Waals surface area contributed by atoms with Crippen LogP contribution in [0.3, 0.4) is 0 Å². The molecule has 2 amide bonds. The van der Waals surface area contributed by atoms with Crippen molar-refractivity contribution in [3.8, 4) is 11.5 Å². The van der Waals surface area contributed by atoms with Crippen molar-refractivity contribution in [3.63, 3.8) is 0 Å². The molecule has 6 nitrogen and oxygen atoms in total. The van der Waals surface area contributed by atoms with Crippen molar-refractivity contribution in [2.75, 3.05) is 17.2 Å². The molecule has 0 saturated heterocycles. The summed E-state index contributed by atoms with van der Waals surface area (Å²) in [5, 5.41) is 5.51. The maximum Gasteiger partial charge on any atom is 0.265 e. The number of carbonyl (C=O) groups is 2. The van der Waals surface area contributed by atoms with Crippen LogP contribution in [-0.4, -0.2) is 24.5 Å². The SMILES string of the molecule is CCOc1ccc(/C=C/C(=O)Nc2ccc3c(c2)NC(=O)[C@H](C)O3)cc1. The van der Waals surface area contributed by atoms with Gasteiger partial charge in [0.1, 0.15) is 11.5 Å². The minimum atomic E-state index is -0.528. The monoisotopic (exact) mass is 352 g/mol. The Morgan fingerprint density at radius 3 is 2.77 bits per heavy atom. The highest BCUT2D eigenvalue weighted by atomic mass is 16.5. The summed E-state index contributed by atoms with van der Waals surface area (Å²) in [7, 11) is 0. The van der Waals surface area contributed by atoms with E-state index < -0.39 is 6.10 Å². The minimum absolute atomic E-state index is 0.212. The molecule has 2 N–H and O–H groups in total. The summed E-state index contributed by atoms with van der Waals surface area (Å²) in [5.41, 5.74) is 2.01. The molecule has 26 heavy (non-hydrogen) atoms. The Kier molecular flexibility index (Phi) is 5.22. The standard InChI is InChI=1S/C20H20N2O4/c1-3-25-16-8-4-14(5-9-16)6-11-19(23)21-15-7-10-18-17(12-15)22-20(24)13(2)26-18/h4-13H,3H2,1-2H3,(H,21,23)(H,22,24)/b11-6+/t13-/m0/s1. The average Bonchev–Trinajstić information content (AvgIpc) is 2.63. The Bertz CT molecular complexity index is 843. The molecule has 1 atom stereocenters. The highest BCUT2D eigenvalue weighted by Crippen LogP contribution is 2.32. The molecule has 0 aliphatic carbocycles. The number of nitrogens with one attached hydrogen (secondary N) is 2. The summed E-state index contributed by atoms with van der Waals surface area (Å²) >= 11 is 0. The Morgan fingerprint density at radius 2 is 2.04 bits per heavy atom. The Morgan fingerprint density at radius 1 is 1.27 bits per heavy atom. The summed E-state index contributed by atoms with van der Waals surface area (Å²) in [4.78, 5) is 23.8. The first kappa shape index (κ1) is 17.5. The first-order valence-corrected chi connectivity index (χ1v) is 8.38. The van der Waals surface area contributed by atoms with Gasteiger partial charge in [0.2, 0.25) is 5.91 Å². The number of fused-ring (bicyclic) bond motifs is 1. The fourth-order valence-electron chi connectivity index (χ4n) is 2.48. The fraction of sp³-hybridized carbons (Fsp3) is 0.200. The fourth-order valence-corrected chi connectivity index (χ4v) is 2.48. The van der Waals surface area contributed by atoms with Crippen LogP contribution in [0, 0.1) is 0 Å². The van der Waals surface area contributed by atoms with Crippen LogP contribution in [0.15, 0.2) is 48.5 Å². The molecular weight excluding hydrogens is 332 g/mol. The van der Waals surface area contributed by atoms with Crippen LogP contribution < -0.4 is 20.1 Å². The summed E-state index contributed by atoms with van der Waals surface area (Å²) < 4.78 is 10.9. The van der Waals surface area contributed by atoms with E-state index in [1.807, 2.05) is 31.2 Å². The topological polar surface area (TPSA) is 76.7 Å². The lowest BCUT2D eigenvalue weighted by Gasteiger charge is -2.23. The van der Waals surface area contributed by atoms with E-state index in [-0.39, 0.29) is 11.8 Å². The van der Waals surface area contributed by atoms with Gasteiger partial charge in [-0.1, -0.05) is 12.1 Å². The number of hydrogen-bond acceptors (Lipinski definition) is 4. The maximum absolute atomic E-state index is 12.1. The highest BCUT2D eigenvalue weighted by Gasteiger charge is 2.23. The van der Waals surface area contributed by atoms with Crippen molar-refractivity contribution in [2.45, 2.75) is 20.0 Å². The third-order valence-corrected chi connectivity index (χ3v) is 3.80. The Hall–Kier alpha value is -3.28. The van der Waals surface area contributed by atoms with E-state index in [2.05, 4.69) is 10.6 Å². The molecule has 134 valence electrons. The first-order valence-electron chi connectivity index (χ1n) is 8.38. The molecule has 0 aromatic heterocycles. The van der Waals surface area contributed by atoms with E-state index in [1.165, 1.54) is 6.08 Å². The van der Waals surface area contributed by atoms with Crippen LogP contribution >= 0.6 is 0 Å². The quantitative estimate of drug-likeness (QED) is 0.808. The van der Waals surface area contributed by atoms with E-state index in [0.717, 1.165) is 11.3 Å². The van der Waals surface area contributed by atoms with Gasteiger partial charge in [0.25, 0.3) is 5.91 Å². The van der Waals surface area contributed by atoms with Gasteiger partial charge in [0.05, 0.1) is 12.3 Å². The highest BCUT2D eigenvalue weighted by molar-refractivity contribution is 6.03. The molecule has 1 heterocycles. The van der Waals surface area contributed by atoms with Gasteiger partial charge in [-0.15, -0.1) is 0 Å². The summed E-state index contributed by atoms with van der Waals surface area (Å²) in [6.45, 7) is 4.22. The molecule has 2 aromatic rings. The van der Waals surface area contributed by atoms with Crippen molar-refractivity contribution >= 4 is 29.3 Å². The molecule has 3 rings (SSSR count). The van der Waals surface area contributed by atoms with Gasteiger partial charge >= 0.3 is 0 Å². The van der Waals surface area contributed by atoms with Crippen LogP contribution in [0.1, 0.15) is 19.4 Å². The molecule has 0 spiro atoms. The second-order valence-electron chi connectivity index (χ2n) is 5.78. The van der Waals surface area contributed by atoms with Crippen molar-refractivity contribution in [1.29, 1.82) is 0 Å². The smallest absolute Gasteiger partial charge is 0.265 e. The lowest BCUT2D eigenvalue weighted by molar-refractivity contribution is -0.122. The molecule has 0 unspecified atom stereocenters. The van der Waals surface area contributed by atoms with Gasteiger partial charge in [-0.3, -0.25) is 9.59 Å². The van der Waals surface area contributed by atoms with Gasteiger partial charge in [-0.2, -0.15) is 0 Å². The molecule has 0 saturated carbocycles. The van der Waals surface area contributed by atoms with Gasteiger partial charge in [-0.05, 0) is 55.8 Å². The van der Waals surface area contributed by atoms with Crippen LogP contribution in [-0.2, 0) is 9.59 Å². The number of ether oxygens (including phenoxy) is 2. The summed E-state index contributed by atoms with van der Waals surface area (Å²) in [6, 6.07) is 12.6. The van der Waals surface area contributed by atoms with Crippen LogP contribution in [0.25, 0.3) is 6.08 Å². The number of benzene rings is 2. The normalized spacial score (nSPS) is 15.8. The largest absolute Gasteiger partial charge is 0.494 e. The van der Waals surface area contributed by atoms with E-state index in [1.54, 1.807) is 31.2 Å². The molecular formula is C20H20N2O4. The number of anilines is 2. The number of amides is 2. The first-order chi connectivity index (χ1) is 12.5. The molecule has 0 fully saturated rings. The molecule has 2 aromatic carbocycles. The molecule has 6 heteroatoms. The van der Waals surface area contributed by atoms with Crippen molar-refractivity contribution in [3.05, 3.63) is 54.1 Å². The second kappa shape index (κ2) is 7.74. The molecule has 1 aliphatic rings. The summed E-state index contributed by atoms with van der Waals surface area (Å²) in [6.07, 6.45) is 2.64. The van der Waals surface area contributed by atoms with E-state index in [4.69, 9.17) is 9.47 Å². The van der Waals surface area contributed by atoms with Crippen LogP contribution in [0.5, 0.6) is 11.5 Å². The maximum atomic E-state index is 12.1. The lowest BCUT2D eigenvalue weighted by atomic mass is 10.2. The van der Waals surface area contributed by atoms with Crippen LogP contribution in [0.2, 0.25) is 0 Å². The Balaban J connectivity index is 1.63. The lowest BCUT2D eigenvalue weighted by Crippen LogP contribution is -2.34. The second-order valence-corrected chi connectivity index (χ2v) is 5.78. The predicted octanol–water partition coefficient (Wildman–Crippen LogP) is 3.46. The van der Waals surface area contributed by atoms with Gasteiger partial charge in [0, 0.05) is 11.8 Å². The Labute approximate surface area is 151 Å². The van der Waals surface area contributed by atoms with Gasteiger partial charge in [-0.25, -0.2) is 0 Å². The number of rotatable bonds is 5. The van der Waals surface area contributed by atoms with Crippen molar-refractivity contribution in [2.24, 2.45) is 0 Å². The zero-order chi connectivity index (χ0) is 18.5. The van der Waals surface area contributed by atoms with Crippen molar-refractivity contribution < 1.29 is 19.1 Å². The van der Waals surface area contributed by atoms with E-state index in [0.29, 0.717) is 23.7 Å². The third kappa shape index (κ3) is 4.22. The third-order valence-electron chi connectivity index (χ3n) is 3.80. The molecule has 1 aliphatic heterocycles. The minimum Gasteiger partial charge on any atom is -0.494 e. The molecule has 0 radical (unpaired) electrons. The zero-order valence-electron chi connectivity index (χ0n) is 14.6. The van der Waals surface area contributed by atoms with E-state index >= 15 is 0 Å². The number of carbonyl (C=O) groups excluding carboxylic acids is 2. The average molecular weight is 352 g/mol. The summed E-state index contributed by atoms with van der Waals surface area (Å²) in [5.74, 6) is 0.897. The number of hydrogen-bond donors (Lipinski definition) is 2. The van der Waals surface area contributed by atoms with Crippen LogP contribution in [0.4, 0.5) is 11.4 Å². The van der Waals surface area contributed by atoms with Gasteiger partial charge < -0.3 is 20.1 Å². The zero-order valence-corrected chi connectivity index (χ0v) is 14.6. The molecule has 0 bridgehead atoms. The van der Waals surface area contributed by atoms with Crippen molar-refractivity contribution in [1.82, 2.24) is 0 Å².